The highest BCUT2D eigenvalue weighted by molar-refractivity contribution is 5.78. The van der Waals surface area contributed by atoms with Gasteiger partial charge in [0, 0.05) is 43.8 Å². The highest BCUT2D eigenvalue weighted by Gasteiger charge is 2.21. The molecule has 0 spiro atoms. The molecule has 1 amide bonds. The SMILES string of the molecule is CCN1CCN(C(=O)Cc2cccn2-c2ccc(F)cc2)CC1. The maximum atomic E-state index is 13.1. The molecular formula is C18H22FN3O. The van der Waals surface area contributed by atoms with E-state index in [1.807, 2.05) is 27.8 Å². The van der Waals surface area contributed by atoms with Crippen LogP contribution < -0.4 is 0 Å². The molecule has 1 aromatic carbocycles. The van der Waals surface area contributed by atoms with Crippen LogP contribution in [0.2, 0.25) is 0 Å². The number of nitrogens with zero attached hydrogens (tertiary/aromatic N) is 3. The van der Waals surface area contributed by atoms with Crippen LogP contribution in [0.1, 0.15) is 12.6 Å². The number of aromatic nitrogens is 1. The van der Waals surface area contributed by atoms with Gasteiger partial charge in [0.25, 0.3) is 0 Å². The summed E-state index contributed by atoms with van der Waals surface area (Å²) in [4.78, 5) is 16.8. The molecule has 0 bridgehead atoms. The second-order valence-corrected chi connectivity index (χ2v) is 5.84. The van der Waals surface area contributed by atoms with Crippen LogP contribution >= 0.6 is 0 Å². The van der Waals surface area contributed by atoms with Gasteiger partial charge < -0.3 is 14.4 Å². The molecule has 1 aliphatic heterocycles. The van der Waals surface area contributed by atoms with Gasteiger partial charge in [-0.05, 0) is 42.9 Å². The summed E-state index contributed by atoms with van der Waals surface area (Å²) in [6, 6.07) is 10.2. The van der Waals surface area contributed by atoms with Crippen molar-refractivity contribution < 1.29 is 9.18 Å². The lowest BCUT2D eigenvalue weighted by Crippen LogP contribution is -2.49. The summed E-state index contributed by atoms with van der Waals surface area (Å²) in [6.07, 6.45) is 2.28. The first-order valence-electron chi connectivity index (χ1n) is 8.09. The third-order valence-electron chi connectivity index (χ3n) is 4.44. The molecule has 0 N–H and O–H groups in total. The standard InChI is InChI=1S/C18H22FN3O/c1-2-20-10-12-21(13-11-20)18(23)14-17-4-3-9-22(17)16-7-5-15(19)6-8-16/h3-9H,2,10-14H2,1H3. The Morgan fingerprint density at radius 3 is 2.43 bits per heavy atom. The molecule has 2 heterocycles. The zero-order valence-electron chi connectivity index (χ0n) is 13.4. The predicted octanol–water partition coefficient (Wildman–Crippen LogP) is 2.32. The monoisotopic (exact) mass is 315 g/mol. The van der Waals surface area contributed by atoms with E-state index >= 15 is 0 Å². The van der Waals surface area contributed by atoms with Gasteiger partial charge >= 0.3 is 0 Å². The molecule has 0 unspecified atom stereocenters. The van der Waals surface area contributed by atoms with Gasteiger partial charge in [0.05, 0.1) is 6.42 Å². The summed E-state index contributed by atoms with van der Waals surface area (Å²) < 4.78 is 15.0. The number of amides is 1. The van der Waals surface area contributed by atoms with Gasteiger partial charge in [-0.2, -0.15) is 0 Å². The minimum atomic E-state index is -0.257. The van der Waals surface area contributed by atoms with E-state index in [0.29, 0.717) is 6.42 Å². The molecule has 1 saturated heterocycles. The molecule has 1 aliphatic rings. The summed E-state index contributed by atoms with van der Waals surface area (Å²) in [7, 11) is 0. The number of carbonyl (C=O) groups is 1. The summed E-state index contributed by atoms with van der Waals surface area (Å²) in [5, 5.41) is 0. The van der Waals surface area contributed by atoms with E-state index in [-0.39, 0.29) is 11.7 Å². The van der Waals surface area contributed by atoms with E-state index < -0.39 is 0 Å². The number of likely N-dealkylation sites (N-methyl/N-ethyl adjacent to an activating group) is 1. The highest BCUT2D eigenvalue weighted by atomic mass is 19.1. The van der Waals surface area contributed by atoms with Crippen LogP contribution in [0.25, 0.3) is 5.69 Å². The Kier molecular flexibility index (Phi) is 4.76. The molecule has 122 valence electrons. The van der Waals surface area contributed by atoms with Crippen LogP contribution in [0.3, 0.4) is 0 Å². The van der Waals surface area contributed by atoms with Crippen LogP contribution in [-0.2, 0) is 11.2 Å². The molecule has 5 heteroatoms. The Morgan fingerprint density at radius 1 is 1.09 bits per heavy atom. The van der Waals surface area contributed by atoms with Crippen LogP contribution in [0.4, 0.5) is 4.39 Å². The first-order valence-corrected chi connectivity index (χ1v) is 8.09. The molecule has 0 radical (unpaired) electrons. The van der Waals surface area contributed by atoms with Crippen LogP contribution in [0.15, 0.2) is 42.6 Å². The van der Waals surface area contributed by atoms with E-state index in [1.165, 1.54) is 12.1 Å². The van der Waals surface area contributed by atoms with Crippen molar-refractivity contribution in [2.45, 2.75) is 13.3 Å². The lowest BCUT2D eigenvalue weighted by atomic mass is 10.2. The maximum absolute atomic E-state index is 13.1. The van der Waals surface area contributed by atoms with Crippen LogP contribution in [0, 0.1) is 5.82 Å². The lowest BCUT2D eigenvalue weighted by Gasteiger charge is -2.34. The quantitative estimate of drug-likeness (QED) is 0.866. The van der Waals surface area contributed by atoms with E-state index in [2.05, 4.69) is 11.8 Å². The largest absolute Gasteiger partial charge is 0.340 e. The van der Waals surface area contributed by atoms with Crippen LogP contribution in [0.5, 0.6) is 0 Å². The van der Waals surface area contributed by atoms with Gasteiger partial charge in [-0.25, -0.2) is 4.39 Å². The maximum Gasteiger partial charge on any atom is 0.228 e. The Morgan fingerprint density at radius 2 is 1.78 bits per heavy atom. The average molecular weight is 315 g/mol. The third kappa shape index (κ3) is 3.62. The minimum Gasteiger partial charge on any atom is -0.340 e. The summed E-state index contributed by atoms with van der Waals surface area (Å²) in [5.41, 5.74) is 1.80. The summed E-state index contributed by atoms with van der Waals surface area (Å²) in [6.45, 7) is 6.67. The Labute approximate surface area is 136 Å². The molecule has 1 aromatic heterocycles. The number of hydrogen-bond acceptors (Lipinski definition) is 2. The van der Waals surface area contributed by atoms with Gasteiger partial charge in [-0.1, -0.05) is 6.92 Å². The Bertz CT molecular complexity index is 657. The topological polar surface area (TPSA) is 28.5 Å². The molecular weight excluding hydrogens is 293 g/mol. The first-order chi connectivity index (χ1) is 11.2. The van der Waals surface area contributed by atoms with Gasteiger partial charge in [0.2, 0.25) is 5.91 Å². The molecule has 2 aromatic rings. The number of carbonyl (C=O) groups excluding carboxylic acids is 1. The summed E-state index contributed by atoms with van der Waals surface area (Å²) in [5.74, 6) is -0.102. The van der Waals surface area contributed by atoms with Crippen molar-refractivity contribution in [1.82, 2.24) is 14.4 Å². The first kappa shape index (κ1) is 15.7. The van der Waals surface area contributed by atoms with Gasteiger partial charge in [-0.3, -0.25) is 4.79 Å². The molecule has 1 fully saturated rings. The fourth-order valence-electron chi connectivity index (χ4n) is 2.99. The van der Waals surface area contributed by atoms with Crippen LogP contribution in [-0.4, -0.2) is 53.0 Å². The molecule has 0 aliphatic carbocycles. The number of benzene rings is 1. The van der Waals surface area contributed by atoms with E-state index in [4.69, 9.17) is 0 Å². The predicted molar refractivity (Wildman–Crippen MR) is 88.1 cm³/mol. The molecule has 0 atom stereocenters. The van der Waals surface area contributed by atoms with Crippen molar-refractivity contribution in [3.8, 4) is 5.69 Å². The zero-order valence-corrected chi connectivity index (χ0v) is 13.4. The molecule has 4 nitrogen and oxygen atoms in total. The fourth-order valence-corrected chi connectivity index (χ4v) is 2.99. The van der Waals surface area contributed by atoms with E-state index in [9.17, 15) is 9.18 Å². The smallest absolute Gasteiger partial charge is 0.228 e. The third-order valence-corrected chi connectivity index (χ3v) is 4.44. The van der Waals surface area contributed by atoms with Crippen molar-refractivity contribution >= 4 is 5.91 Å². The van der Waals surface area contributed by atoms with E-state index in [1.54, 1.807) is 12.1 Å². The number of piperazine rings is 1. The molecule has 0 saturated carbocycles. The van der Waals surface area contributed by atoms with Gasteiger partial charge in [0.15, 0.2) is 0 Å². The summed E-state index contributed by atoms with van der Waals surface area (Å²) >= 11 is 0. The Balaban J connectivity index is 1.68. The van der Waals surface area contributed by atoms with Crippen molar-refractivity contribution in [2.24, 2.45) is 0 Å². The number of halogens is 1. The van der Waals surface area contributed by atoms with Crippen molar-refractivity contribution in [3.63, 3.8) is 0 Å². The lowest BCUT2D eigenvalue weighted by molar-refractivity contribution is -0.132. The molecule has 23 heavy (non-hydrogen) atoms. The second kappa shape index (κ2) is 6.96. The van der Waals surface area contributed by atoms with Crippen molar-refractivity contribution in [1.29, 1.82) is 0 Å². The van der Waals surface area contributed by atoms with E-state index in [0.717, 1.165) is 44.1 Å². The number of hydrogen-bond donors (Lipinski definition) is 0. The van der Waals surface area contributed by atoms with Gasteiger partial charge in [0.1, 0.15) is 5.82 Å². The minimum absolute atomic E-state index is 0.155. The normalized spacial score (nSPS) is 15.8. The van der Waals surface area contributed by atoms with Gasteiger partial charge in [-0.15, -0.1) is 0 Å². The Hall–Kier alpha value is -2.14. The van der Waals surface area contributed by atoms with Crippen molar-refractivity contribution in [2.75, 3.05) is 32.7 Å². The fraction of sp³-hybridized carbons (Fsp3) is 0.389. The molecule has 3 rings (SSSR count). The average Bonchev–Trinajstić information content (AvgIpc) is 3.03. The van der Waals surface area contributed by atoms with Crippen molar-refractivity contribution in [3.05, 3.63) is 54.1 Å². The zero-order chi connectivity index (χ0) is 16.2. The highest BCUT2D eigenvalue weighted by Crippen LogP contribution is 2.15. The second-order valence-electron chi connectivity index (χ2n) is 5.84. The number of rotatable bonds is 4.